The third kappa shape index (κ3) is 6.51. The van der Waals surface area contributed by atoms with Crippen molar-refractivity contribution in [1.29, 1.82) is 0 Å². The van der Waals surface area contributed by atoms with E-state index in [9.17, 15) is 0 Å². The predicted molar refractivity (Wildman–Crippen MR) is 101 cm³/mol. The molecule has 1 fully saturated rings. The van der Waals surface area contributed by atoms with Crippen molar-refractivity contribution in [2.24, 2.45) is 10.9 Å². The van der Waals surface area contributed by atoms with E-state index in [1.165, 1.54) is 55.8 Å². The first-order valence-corrected chi connectivity index (χ1v) is 9.77. The monoisotopic (exact) mass is 336 g/mol. The van der Waals surface area contributed by atoms with E-state index in [0.29, 0.717) is 0 Å². The van der Waals surface area contributed by atoms with Crippen molar-refractivity contribution in [3.8, 4) is 0 Å². The molecule has 0 spiro atoms. The number of hydrogen-bond donors (Lipinski definition) is 2. The summed E-state index contributed by atoms with van der Waals surface area (Å²) in [6.07, 6.45) is 5.21. The summed E-state index contributed by atoms with van der Waals surface area (Å²) >= 11 is 1.80. The Morgan fingerprint density at radius 3 is 2.74 bits per heavy atom. The Labute approximate surface area is 145 Å². The molecule has 130 valence electrons. The Hall–Kier alpha value is -1.07. The van der Waals surface area contributed by atoms with Gasteiger partial charge in [-0.05, 0) is 75.2 Å². The Morgan fingerprint density at radius 1 is 1.30 bits per heavy atom. The van der Waals surface area contributed by atoms with Crippen LogP contribution >= 0.6 is 11.3 Å². The first-order chi connectivity index (χ1) is 11.2. The first-order valence-electron chi connectivity index (χ1n) is 8.89. The number of thiophene rings is 1. The van der Waals surface area contributed by atoms with Crippen LogP contribution in [0.25, 0.3) is 0 Å². The highest BCUT2D eigenvalue weighted by Gasteiger charge is 2.14. The van der Waals surface area contributed by atoms with Gasteiger partial charge in [-0.15, -0.1) is 11.3 Å². The Morgan fingerprint density at radius 2 is 2.09 bits per heavy atom. The average molecular weight is 337 g/mol. The second-order valence-electron chi connectivity index (χ2n) is 6.61. The third-order valence-corrected chi connectivity index (χ3v) is 5.70. The number of hydrogen-bond acceptors (Lipinski definition) is 3. The minimum Gasteiger partial charge on any atom is -0.356 e. The van der Waals surface area contributed by atoms with Gasteiger partial charge >= 0.3 is 0 Å². The van der Waals surface area contributed by atoms with Crippen LogP contribution in [0.15, 0.2) is 16.4 Å². The van der Waals surface area contributed by atoms with Crippen molar-refractivity contribution in [1.82, 2.24) is 15.5 Å². The fourth-order valence-electron chi connectivity index (χ4n) is 2.92. The lowest BCUT2D eigenvalue weighted by Gasteiger charge is -2.30. The van der Waals surface area contributed by atoms with Crippen LogP contribution in [0.4, 0.5) is 0 Å². The largest absolute Gasteiger partial charge is 0.356 e. The molecule has 0 saturated carbocycles. The molecule has 1 aromatic heterocycles. The van der Waals surface area contributed by atoms with E-state index in [1.807, 2.05) is 7.05 Å². The maximum Gasteiger partial charge on any atom is 0.191 e. The Kier molecular flexibility index (Phi) is 7.89. The second kappa shape index (κ2) is 9.93. The summed E-state index contributed by atoms with van der Waals surface area (Å²) in [5.74, 6) is 1.83. The van der Waals surface area contributed by atoms with Gasteiger partial charge in [0.2, 0.25) is 0 Å². The van der Waals surface area contributed by atoms with Crippen LogP contribution in [0.3, 0.4) is 0 Å². The van der Waals surface area contributed by atoms with Gasteiger partial charge in [0.1, 0.15) is 0 Å². The fourth-order valence-corrected chi connectivity index (χ4v) is 3.77. The maximum absolute atomic E-state index is 4.30. The van der Waals surface area contributed by atoms with E-state index in [2.05, 4.69) is 45.8 Å². The van der Waals surface area contributed by atoms with E-state index in [-0.39, 0.29) is 0 Å². The molecule has 0 radical (unpaired) electrons. The van der Waals surface area contributed by atoms with Crippen molar-refractivity contribution < 1.29 is 0 Å². The van der Waals surface area contributed by atoms with E-state index >= 15 is 0 Å². The standard InChI is InChI=1S/C18H32N4S/c1-15-6-11-22(12-7-15)10-5-4-9-20-18(19-3)21-14-17-16(2)8-13-23-17/h8,13,15H,4-7,9-12,14H2,1-3H3,(H2,19,20,21). The smallest absolute Gasteiger partial charge is 0.191 e. The Balaban J connectivity index is 1.54. The van der Waals surface area contributed by atoms with Crippen molar-refractivity contribution >= 4 is 17.3 Å². The van der Waals surface area contributed by atoms with Gasteiger partial charge in [-0.2, -0.15) is 0 Å². The molecule has 5 heteroatoms. The predicted octanol–water partition coefficient (Wildman–Crippen LogP) is 3.23. The van der Waals surface area contributed by atoms with E-state index in [0.717, 1.165) is 25.0 Å². The van der Waals surface area contributed by atoms with Crippen LogP contribution in [-0.4, -0.2) is 44.1 Å². The van der Waals surface area contributed by atoms with Gasteiger partial charge in [0.15, 0.2) is 5.96 Å². The van der Waals surface area contributed by atoms with Gasteiger partial charge in [0.25, 0.3) is 0 Å². The number of rotatable bonds is 7. The number of likely N-dealkylation sites (tertiary alicyclic amines) is 1. The number of aryl methyl sites for hydroxylation is 1. The Bertz CT molecular complexity index is 475. The molecule has 1 aliphatic heterocycles. The molecule has 0 unspecified atom stereocenters. The molecule has 23 heavy (non-hydrogen) atoms. The molecule has 0 aliphatic carbocycles. The lowest BCUT2D eigenvalue weighted by atomic mass is 9.99. The minimum absolute atomic E-state index is 0.856. The summed E-state index contributed by atoms with van der Waals surface area (Å²) in [5, 5.41) is 8.96. The quantitative estimate of drug-likeness (QED) is 0.456. The molecule has 1 aromatic rings. The molecule has 0 atom stereocenters. The molecule has 0 amide bonds. The summed E-state index contributed by atoms with van der Waals surface area (Å²) in [5.41, 5.74) is 1.36. The molecule has 2 N–H and O–H groups in total. The number of aliphatic imine (C=N–C) groups is 1. The van der Waals surface area contributed by atoms with Gasteiger partial charge in [-0.1, -0.05) is 6.92 Å². The van der Waals surface area contributed by atoms with Crippen LogP contribution < -0.4 is 10.6 Å². The van der Waals surface area contributed by atoms with E-state index in [4.69, 9.17) is 0 Å². The zero-order valence-corrected chi connectivity index (χ0v) is 15.7. The van der Waals surface area contributed by atoms with Crippen molar-refractivity contribution in [3.63, 3.8) is 0 Å². The lowest BCUT2D eigenvalue weighted by Crippen LogP contribution is -2.38. The minimum atomic E-state index is 0.856. The number of piperidine rings is 1. The summed E-state index contributed by atoms with van der Waals surface area (Å²) in [6, 6.07) is 2.17. The third-order valence-electron chi connectivity index (χ3n) is 4.68. The molecule has 2 heterocycles. The molecule has 0 aromatic carbocycles. The first kappa shape index (κ1) is 18.3. The summed E-state index contributed by atoms with van der Waals surface area (Å²) in [7, 11) is 1.84. The average Bonchev–Trinajstić information content (AvgIpc) is 2.97. The van der Waals surface area contributed by atoms with E-state index in [1.54, 1.807) is 11.3 Å². The molecule has 1 aliphatic rings. The van der Waals surface area contributed by atoms with Gasteiger partial charge < -0.3 is 15.5 Å². The van der Waals surface area contributed by atoms with Crippen molar-refractivity contribution in [2.75, 3.05) is 33.2 Å². The van der Waals surface area contributed by atoms with Gasteiger partial charge in [0.05, 0.1) is 6.54 Å². The summed E-state index contributed by atoms with van der Waals surface area (Å²) < 4.78 is 0. The lowest BCUT2D eigenvalue weighted by molar-refractivity contribution is 0.189. The van der Waals surface area contributed by atoms with Gasteiger partial charge in [-0.3, -0.25) is 4.99 Å². The van der Waals surface area contributed by atoms with Gasteiger partial charge in [-0.25, -0.2) is 0 Å². The molecular weight excluding hydrogens is 304 g/mol. The zero-order valence-electron chi connectivity index (χ0n) is 14.9. The number of unbranched alkanes of at least 4 members (excludes halogenated alkanes) is 1. The molecule has 0 bridgehead atoms. The van der Waals surface area contributed by atoms with Crippen LogP contribution in [-0.2, 0) is 6.54 Å². The highest BCUT2D eigenvalue weighted by Crippen LogP contribution is 2.16. The van der Waals surface area contributed by atoms with Crippen LogP contribution in [0.2, 0.25) is 0 Å². The van der Waals surface area contributed by atoms with E-state index < -0.39 is 0 Å². The number of nitrogens with one attached hydrogen (secondary N) is 2. The van der Waals surface area contributed by atoms with Crippen molar-refractivity contribution in [2.45, 2.75) is 46.1 Å². The molecule has 4 nitrogen and oxygen atoms in total. The van der Waals surface area contributed by atoms with Crippen LogP contribution in [0, 0.1) is 12.8 Å². The number of nitrogens with zero attached hydrogens (tertiary/aromatic N) is 2. The fraction of sp³-hybridized carbons (Fsp3) is 0.722. The SMILES string of the molecule is CN=C(NCCCCN1CCC(C)CC1)NCc1sccc1C. The number of guanidine groups is 1. The van der Waals surface area contributed by atoms with Crippen LogP contribution in [0.5, 0.6) is 0 Å². The summed E-state index contributed by atoms with van der Waals surface area (Å²) in [6.45, 7) is 10.2. The molecule has 1 saturated heterocycles. The van der Waals surface area contributed by atoms with Gasteiger partial charge in [0, 0.05) is 18.5 Å². The molecular formula is C18H32N4S. The topological polar surface area (TPSA) is 39.7 Å². The normalized spacial score (nSPS) is 17.4. The zero-order chi connectivity index (χ0) is 16.5. The highest BCUT2D eigenvalue weighted by molar-refractivity contribution is 7.10. The summed E-state index contributed by atoms with van der Waals surface area (Å²) in [4.78, 5) is 8.30. The van der Waals surface area contributed by atoms with Crippen LogP contribution in [0.1, 0.15) is 43.0 Å². The molecule has 2 rings (SSSR count). The highest BCUT2D eigenvalue weighted by atomic mass is 32.1. The van der Waals surface area contributed by atoms with Crippen molar-refractivity contribution in [3.05, 3.63) is 21.9 Å². The second-order valence-corrected chi connectivity index (χ2v) is 7.61. The maximum atomic E-state index is 4.30.